The molecule has 28 heavy (non-hydrogen) atoms. The van der Waals surface area contributed by atoms with Crippen molar-refractivity contribution in [2.75, 3.05) is 68.9 Å². The van der Waals surface area contributed by atoms with Crippen molar-refractivity contribution in [3.05, 3.63) is 29.8 Å². The number of anilines is 1. The molecule has 1 aromatic rings. The van der Waals surface area contributed by atoms with Crippen LogP contribution in [0.5, 0.6) is 0 Å². The first-order valence-electron chi connectivity index (χ1n) is 10.5. The molecule has 0 saturated carbocycles. The van der Waals surface area contributed by atoms with Crippen LogP contribution >= 0.6 is 11.8 Å². The standard InChI is InChI=1S/C21H35N5OS/c1-3-22-21(23-16-18(2)25-8-12-27-13-9-25)24-17-19-4-6-20(7-5-19)26-10-14-28-15-11-26/h4-7,18H,3,8-17H2,1-2H3,(H2,22,23,24). The number of hydrogen-bond donors (Lipinski definition) is 2. The van der Waals surface area contributed by atoms with Crippen molar-refractivity contribution in [1.82, 2.24) is 15.5 Å². The van der Waals surface area contributed by atoms with Gasteiger partial charge in [-0.2, -0.15) is 11.8 Å². The molecule has 2 fully saturated rings. The molecule has 2 N–H and O–H groups in total. The Morgan fingerprint density at radius 1 is 1.11 bits per heavy atom. The predicted octanol–water partition coefficient (Wildman–Crippen LogP) is 2.02. The van der Waals surface area contributed by atoms with E-state index in [0.717, 1.165) is 58.4 Å². The average Bonchev–Trinajstić information content (AvgIpc) is 2.77. The van der Waals surface area contributed by atoms with E-state index in [1.807, 2.05) is 11.8 Å². The quantitative estimate of drug-likeness (QED) is 0.535. The molecule has 0 bridgehead atoms. The Kier molecular flexibility index (Phi) is 8.76. The summed E-state index contributed by atoms with van der Waals surface area (Å²) in [5, 5.41) is 6.86. The van der Waals surface area contributed by atoms with Crippen LogP contribution < -0.4 is 15.5 Å². The highest BCUT2D eigenvalue weighted by Gasteiger charge is 2.17. The molecule has 6 nitrogen and oxygen atoms in total. The molecule has 1 unspecified atom stereocenters. The highest BCUT2D eigenvalue weighted by atomic mass is 32.2. The largest absolute Gasteiger partial charge is 0.379 e. The summed E-state index contributed by atoms with van der Waals surface area (Å²) in [6, 6.07) is 9.36. The number of benzene rings is 1. The highest BCUT2D eigenvalue weighted by Crippen LogP contribution is 2.20. The molecule has 2 aliphatic heterocycles. The van der Waals surface area contributed by atoms with Crippen LogP contribution in [-0.4, -0.2) is 80.9 Å². The molecule has 2 aliphatic rings. The molecule has 2 saturated heterocycles. The molecule has 0 spiro atoms. The van der Waals surface area contributed by atoms with Gasteiger partial charge in [0, 0.05) is 62.5 Å². The van der Waals surface area contributed by atoms with Gasteiger partial charge in [0.1, 0.15) is 0 Å². The van der Waals surface area contributed by atoms with Crippen LogP contribution in [0.15, 0.2) is 29.3 Å². The second kappa shape index (κ2) is 11.5. The molecule has 0 radical (unpaired) electrons. The summed E-state index contributed by atoms with van der Waals surface area (Å²) in [5.74, 6) is 3.35. The van der Waals surface area contributed by atoms with E-state index >= 15 is 0 Å². The lowest BCUT2D eigenvalue weighted by atomic mass is 10.2. The number of ether oxygens (including phenoxy) is 1. The molecule has 1 atom stereocenters. The molecule has 1 aromatic carbocycles. The molecule has 0 amide bonds. The van der Waals surface area contributed by atoms with Gasteiger partial charge in [0.2, 0.25) is 0 Å². The second-order valence-electron chi connectivity index (χ2n) is 7.34. The molecule has 2 heterocycles. The maximum absolute atomic E-state index is 5.45. The van der Waals surface area contributed by atoms with Crippen LogP contribution in [-0.2, 0) is 11.3 Å². The van der Waals surface area contributed by atoms with E-state index in [1.54, 1.807) is 0 Å². The molecule has 0 aromatic heterocycles. The first-order chi connectivity index (χ1) is 13.8. The summed E-state index contributed by atoms with van der Waals surface area (Å²) in [6.45, 7) is 12.8. The maximum Gasteiger partial charge on any atom is 0.191 e. The minimum absolute atomic E-state index is 0.467. The zero-order valence-electron chi connectivity index (χ0n) is 17.3. The van der Waals surface area contributed by atoms with E-state index in [0.29, 0.717) is 12.6 Å². The third-order valence-electron chi connectivity index (χ3n) is 5.31. The third kappa shape index (κ3) is 6.57. The number of morpholine rings is 1. The molecular formula is C21H35N5OS. The first kappa shape index (κ1) is 21.3. The van der Waals surface area contributed by atoms with Crippen molar-refractivity contribution in [3.8, 4) is 0 Å². The zero-order chi connectivity index (χ0) is 19.6. The lowest BCUT2D eigenvalue weighted by Gasteiger charge is -2.32. The summed E-state index contributed by atoms with van der Waals surface area (Å²) in [7, 11) is 0. The van der Waals surface area contributed by atoms with Gasteiger partial charge < -0.3 is 20.3 Å². The Hall–Kier alpha value is -1.44. The fourth-order valence-electron chi connectivity index (χ4n) is 3.54. The molecule has 156 valence electrons. The highest BCUT2D eigenvalue weighted by molar-refractivity contribution is 7.99. The van der Waals surface area contributed by atoms with Crippen LogP contribution in [0.25, 0.3) is 0 Å². The SMILES string of the molecule is CCNC(=NCc1ccc(N2CCSCC2)cc1)NCC(C)N1CCOCC1. The smallest absolute Gasteiger partial charge is 0.191 e. The van der Waals surface area contributed by atoms with Crippen molar-refractivity contribution in [3.63, 3.8) is 0 Å². The monoisotopic (exact) mass is 405 g/mol. The Balaban J connectivity index is 1.50. The number of nitrogens with one attached hydrogen (secondary N) is 2. The lowest BCUT2D eigenvalue weighted by molar-refractivity contribution is 0.0211. The summed E-state index contributed by atoms with van der Waals surface area (Å²) in [5.41, 5.74) is 2.57. The van der Waals surface area contributed by atoms with Crippen molar-refractivity contribution < 1.29 is 4.74 Å². The van der Waals surface area contributed by atoms with Crippen LogP contribution in [0.4, 0.5) is 5.69 Å². The van der Waals surface area contributed by atoms with Crippen molar-refractivity contribution >= 4 is 23.4 Å². The zero-order valence-corrected chi connectivity index (χ0v) is 18.1. The topological polar surface area (TPSA) is 52.1 Å². The third-order valence-corrected chi connectivity index (χ3v) is 6.25. The van der Waals surface area contributed by atoms with Crippen LogP contribution in [0, 0.1) is 0 Å². The number of aliphatic imine (C=N–C) groups is 1. The minimum atomic E-state index is 0.467. The van der Waals surface area contributed by atoms with Crippen molar-refractivity contribution in [2.24, 2.45) is 4.99 Å². The number of nitrogens with zero attached hydrogens (tertiary/aromatic N) is 3. The number of hydrogen-bond acceptors (Lipinski definition) is 5. The number of guanidine groups is 1. The van der Waals surface area contributed by atoms with Gasteiger partial charge in [-0.1, -0.05) is 12.1 Å². The Morgan fingerprint density at radius 2 is 1.82 bits per heavy atom. The normalized spacial score (nSPS) is 20.1. The van der Waals surface area contributed by atoms with E-state index in [-0.39, 0.29) is 0 Å². The van der Waals surface area contributed by atoms with Gasteiger partial charge in [-0.3, -0.25) is 4.90 Å². The van der Waals surface area contributed by atoms with Gasteiger partial charge in [-0.25, -0.2) is 4.99 Å². The summed E-state index contributed by atoms with van der Waals surface area (Å²) in [6.07, 6.45) is 0. The predicted molar refractivity (Wildman–Crippen MR) is 121 cm³/mol. The van der Waals surface area contributed by atoms with Gasteiger partial charge in [0.15, 0.2) is 5.96 Å². The fourth-order valence-corrected chi connectivity index (χ4v) is 4.44. The van der Waals surface area contributed by atoms with Gasteiger partial charge in [-0.15, -0.1) is 0 Å². The fraction of sp³-hybridized carbons (Fsp3) is 0.667. The van der Waals surface area contributed by atoms with E-state index in [2.05, 4.69) is 58.5 Å². The van der Waals surface area contributed by atoms with E-state index in [9.17, 15) is 0 Å². The Morgan fingerprint density at radius 3 is 2.50 bits per heavy atom. The number of thioether (sulfide) groups is 1. The molecule has 3 rings (SSSR count). The summed E-state index contributed by atoms with van der Waals surface area (Å²) >= 11 is 2.05. The summed E-state index contributed by atoms with van der Waals surface area (Å²) in [4.78, 5) is 9.72. The van der Waals surface area contributed by atoms with Gasteiger partial charge in [0.25, 0.3) is 0 Å². The van der Waals surface area contributed by atoms with Crippen molar-refractivity contribution in [1.29, 1.82) is 0 Å². The van der Waals surface area contributed by atoms with E-state index < -0.39 is 0 Å². The van der Waals surface area contributed by atoms with Crippen LogP contribution in [0.3, 0.4) is 0 Å². The molecule has 0 aliphatic carbocycles. The lowest BCUT2D eigenvalue weighted by Crippen LogP contribution is -2.49. The molecule has 7 heteroatoms. The first-order valence-corrected chi connectivity index (χ1v) is 11.7. The Bertz CT molecular complexity index is 597. The van der Waals surface area contributed by atoms with Crippen LogP contribution in [0.1, 0.15) is 19.4 Å². The Labute approximate surface area is 174 Å². The number of rotatable bonds is 7. The van der Waals surface area contributed by atoms with Gasteiger partial charge in [-0.05, 0) is 31.5 Å². The van der Waals surface area contributed by atoms with Crippen LogP contribution in [0.2, 0.25) is 0 Å². The van der Waals surface area contributed by atoms with Crippen molar-refractivity contribution in [2.45, 2.75) is 26.4 Å². The average molecular weight is 406 g/mol. The molecular weight excluding hydrogens is 370 g/mol. The van der Waals surface area contributed by atoms with E-state index in [4.69, 9.17) is 9.73 Å². The van der Waals surface area contributed by atoms with Gasteiger partial charge >= 0.3 is 0 Å². The summed E-state index contributed by atoms with van der Waals surface area (Å²) < 4.78 is 5.45. The van der Waals surface area contributed by atoms with E-state index in [1.165, 1.54) is 22.8 Å². The maximum atomic E-state index is 5.45. The second-order valence-corrected chi connectivity index (χ2v) is 8.56. The van der Waals surface area contributed by atoms with Gasteiger partial charge in [0.05, 0.1) is 19.8 Å². The minimum Gasteiger partial charge on any atom is -0.379 e.